The average molecular weight is 228 g/mol. The van der Waals surface area contributed by atoms with Gasteiger partial charge >= 0.3 is 0 Å². The molecule has 2 rings (SSSR count). The summed E-state index contributed by atoms with van der Waals surface area (Å²) in [5.74, 6) is 2.52. The van der Waals surface area contributed by atoms with Crippen molar-refractivity contribution < 1.29 is 4.79 Å². The molecule has 0 spiro atoms. The molecule has 1 amide bonds. The van der Waals surface area contributed by atoms with Crippen LogP contribution in [0, 0.1) is 0 Å². The van der Waals surface area contributed by atoms with E-state index in [9.17, 15) is 4.79 Å². The van der Waals surface area contributed by atoms with Gasteiger partial charge in [0.15, 0.2) is 0 Å². The van der Waals surface area contributed by atoms with Crippen LogP contribution in [-0.2, 0) is 4.79 Å². The first-order valence-corrected chi connectivity index (χ1v) is 7.13. The summed E-state index contributed by atoms with van der Waals surface area (Å²) in [6.07, 6.45) is 5.80. The molecule has 0 saturated carbocycles. The molecule has 2 atom stereocenters. The fourth-order valence-corrected chi connectivity index (χ4v) is 3.35. The smallest absolute Gasteiger partial charge is 0.237 e. The topological polar surface area (TPSA) is 41.1 Å². The minimum atomic E-state index is 0.0677. The van der Waals surface area contributed by atoms with Gasteiger partial charge in [-0.15, -0.1) is 0 Å². The normalized spacial score (nSPS) is 32.3. The first-order valence-electron chi connectivity index (χ1n) is 5.98. The number of rotatable bonds is 2. The molecule has 0 bridgehead atoms. The fraction of sp³-hybridized carbons (Fsp3) is 0.909. The highest BCUT2D eigenvalue weighted by atomic mass is 32.2. The number of hydrogen-bond acceptors (Lipinski definition) is 3. The van der Waals surface area contributed by atoms with Gasteiger partial charge in [-0.3, -0.25) is 4.79 Å². The van der Waals surface area contributed by atoms with Gasteiger partial charge in [0.25, 0.3) is 0 Å². The van der Waals surface area contributed by atoms with Crippen LogP contribution in [0.1, 0.15) is 32.1 Å². The molecule has 2 N–H and O–H groups in total. The zero-order valence-corrected chi connectivity index (χ0v) is 9.94. The molecule has 0 radical (unpaired) electrons. The van der Waals surface area contributed by atoms with Crippen molar-refractivity contribution in [1.82, 2.24) is 10.6 Å². The summed E-state index contributed by atoms with van der Waals surface area (Å²) >= 11 is 1.94. The predicted molar refractivity (Wildman–Crippen MR) is 64.1 cm³/mol. The Morgan fingerprint density at radius 1 is 1.27 bits per heavy atom. The molecule has 2 saturated heterocycles. The highest BCUT2D eigenvalue weighted by Crippen LogP contribution is 2.17. The van der Waals surface area contributed by atoms with Crippen LogP contribution in [0.4, 0.5) is 0 Å². The van der Waals surface area contributed by atoms with Gasteiger partial charge in [-0.25, -0.2) is 0 Å². The van der Waals surface area contributed by atoms with Crippen LogP contribution in [0.25, 0.3) is 0 Å². The molecule has 0 aliphatic carbocycles. The van der Waals surface area contributed by atoms with Crippen molar-refractivity contribution in [2.75, 3.05) is 18.1 Å². The van der Waals surface area contributed by atoms with Crippen LogP contribution in [0.5, 0.6) is 0 Å². The van der Waals surface area contributed by atoms with Crippen LogP contribution in [0.3, 0.4) is 0 Å². The molecule has 3 nitrogen and oxygen atoms in total. The third kappa shape index (κ3) is 3.38. The van der Waals surface area contributed by atoms with Crippen molar-refractivity contribution in [2.24, 2.45) is 0 Å². The Kier molecular flexibility index (Phi) is 4.32. The molecule has 0 aromatic carbocycles. The molecule has 2 fully saturated rings. The van der Waals surface area contributed by atoms with E-state index in [2.05, 4.69) is 10.6 Å². The molecule has 4 heteroatoms. The number of hydrogen-bond donors (Lipinski definition) is 2. The van der Waals surface area contributed by atoms with Gasteiger partial charge in [-0.2, -0.15) is 11.8 Å². The summed E-state index contributed by atoms with van der Waals surface area (Å²) < 4.78 is 0. The van der Waals surface area contributed by atoms with Gasteiger partial charge in [0.2, 0.25) is 5.91 Å². The van der Waals surface area contributed by atoms with E-state index in [0.717, 1.165) is 25.1 Å². The lowest BCUT2D eigenvalue weighted by Crippen LogP contribution is -2.47. The van der Waals surface area contributed by atoms with E-state index >= 15 is 0 Å². The maximum absolute atomic E-state index is 11.9. The first-order chi connectivity index (χ1) is 7.36. The van der Waals surface area contributed by atoms with E-state index in [1.165, 1.54) is 25.0 Å². The molecule has 0 aromatic heterocycles. The average Bonchev–Trinajstić information content (AvgIpc) is 2.58. The predicted octanol–water partition coefficient (Wildman–Crippen LogP) is 1.14. The molecule has 2 heterocycles. The van der Waals surface area contributed by atoms with Crippen LogP contribution in [-0.4, -0.2) is 36.0 Å². The first kappa shape index (κ1) is 11.3. The SMILES string of the molecule is O=C(NC1CCSC1)C1CCCCCN1. The lowest BCUT2D eigenvalue weighted by Gasteiger charge is -2.18. The Labute approximate surface area is 95.8 Å². The Balaban J connectivity index is 1.77. The molecule has 2 aliphatic rings. The second-order valence-electron chi connectivity index (χ2n) is 4.43. The molecule has 0 aromatic rings. The van der Waals surface area contributed by atoms with Crippen molar-refractivity contribution in [1.29, 1.82) is 0 Å². The lowest BCUT2D eigenvalue weighted by atomic mass is 10.1. The minimum Gasteiger partial charge on any atom is -0.351 e. The Hall–Kier alpha value is -0.220. The summed E-state index contributed by atoms with van der Waals surface area (Å²) in [5.41, 5.74) is 0. The second kappa shape index (κ2) is 5.75. The van der Waals surface area contributed by atoms with E-state index in [1.54, 1.807) is 0 Å². The molecule has 2 aliphatic heterocycles. The summed E-state index contributed by atoms with van der Waals surface area (Å²) in [4.78, 5) is 11.9. The monoisotopic (exact) mass is 228 g/mol. The van der Waals surface area contributed by atoms with Crippen molar-refractivity contribution >= 4 is 17.7 Å². The summed E-state index contributed by atoms with van der Waals surface area (Å²) in [6.45, 7) is 0.998. The number of nitrogens with one attached hydrogen (secondary N) is 2. The maximum Gasteiger partial charge on any atom is 0.237 e. The number of amides is 1. The molecular formula is C11H20N2OS. The lowest BCUT2D eigenvalue weighted by molar-refractivity contribution is -0.123. The standard InChI is InChI=1S/C11H20N2OS/c14-11(13-9-5-7-15-8-9)10-4-2-1-3-6-12-10/h9-10,12H,1-8H2,(H,13,14). The number of carbonyl (C=O) groups is 1. The van der Waals surface area contributed by atoms with Crippen LogP contribution >= 0.6 is 11.8 Å². The minimum absolute atomic E-state index is 0.0677. The van der Waals surface area contributed by atoms with Crippen molar-refractivity contribution in [3.8, 4) is 0 Å². The third-order valence-electron chi connectivity index (χ3n) is 3.15. The third-order valence-corrected chi connectivity index (χ3v) is 4.32. The highest BCUT2D eigenvalue weighted by molar-refractivity contribution is 7.99. The van der Waals surface area contributed by atoms with Crippen LogP contribution in [0.2, 0.25) is 0 Å². The fourth-order valence-electron chi connectivity index (χ4n) is 2.20. The Morgan fingerprint density at radius 2 is 2.20 bits per heavy atom. The Morgan fingerprint density at radius 3 is 3.00 bits per heavy atom. The van der Waals surface area contributed by atoms with Gasteiger partial charge in [0, 0.05) is 11.8 Å². The Bertz CT molecular complexity index is 209. The van der Waals surface area contributed by atoms with Gasteiger partial charge < -0.3 is 10.6 Å². The van der Waals surface area contributed by atoms with Crippen molar-refractivity contribution in [3.63, 3.8) is 0 Å². The quantitative estimate of drug-likeness (QED) is 0.745. The molecule has 86 valence electrons. The highest BCUT2D eigenvalue weighted by Gasteiger charge is 2.23. The van der Waals surface area contributed by atoms with E-state index in [0.29, 0.717) is 6.04 Å². The van der Waals surface area contributed by atoms with Crippen molar-refractivity contribution in [2.45, 2.75) is 44.2 Å². The summed E-state index contributed by atoms with van der Waals surface area (Å²) in [5, 5.41) is 6.49. The maximum atomic E-state index is 11.9. The molecule has 2 unspecified atom stereocenters. The second-order valence-corrected chi connectivity index (χ2v) is 5.57. The van der Waals surface area contributed by atoms with Crippen LogP contribution < -0.4 is 10.6 Å². The van der Waals surface area contributed by atoms with Gasteiger partial charge in [-0.1, -0.05) is 12.8 Å². The number of carbonyl (C=O) groups excluding carboxylic acids is 1. The largest absolute Gasteiger partial charge is 0.351 e. The summed E-state index contributed by atoms with van der Waals surface area (Å²) in [7, 11) is 0. The van der Waals surface area contributed by atoms with E-state index in [1.807, 2.05) is 11.8 Å². The van der Waals surface area contributed by atoms with E-state index < -0.39 is 0 Å². The van der Waals surface area contributed by atoms with Gasteiger partial charge in [0.05, 0.1) is 6.04 Å². The van der Waals surface area contributed by atoms with E-state index in [-0.39, 0.29) is 11.9 Å². The van der Waals surface area contributed by atoms with Crippen LogP contribution in [0.15, 0.2) is 0 Å². The van der Waals surface area contributed by atoms with E-state index in [4.69, 9.17) is 0 Å². The zero-order chi connectivity index (χ0) is 10.5. The van der Waals surface area contributed by atoms with Crippen molar-refractivity contribution in [3.05, 3.63) is 0 Å². The molecular weight excluding hydrogens is 208 g/mol. The zero-order valence-electron chi connectivity index (χ0n) is 9.13. The van der Waals surface area contributed by atoms with Gasteiger partial charge in [-0.05, 0) is 31.6 Å². The summed E-state index contributed by atoms with van der Waals surface area (Å²) in [6, 6.07) is 0.491. The molecule has 15 heavy (non-hydrogen) atoms. The van der Waals surface area contributed by atoms with Gasteiger partial charge in [0.1, 0.15) is 0 Å². The number of thioether (sulfide) groups is 1.